The lowest BCUT2D eigenvalue weighted by Crippen LogP contribution is -2.31. The molecule has 0 saturated heterocycles. The summed E-state index contributed by atoms with van der Waals surface area (Å²) in [7, 11) is 0. The smallest absolute Gasteiger partial charge is 0.251 e. The lowest BCUT2D eigenvalue weighted by molar-refractivity contribution is 0.0946. The molecule has 1 saturated carbocycles. The maximum Gasteiger partial charge on any atom is 0.251 e. The van der Waals surface area contributed by atoms with E-state index in [1.807, 2.05) is 42.2 Å². The molecule has 2 unspecified atom stereocenters. The van der Waals surface area contributed by atoms with Gasteiger partial charge in [-0.15, -0.1) is 11.8 Å². The molecular formula is C20H23N3OS. The van der Waals surface area contributed by atoms with Crippen LogP contribution in [-0.4, -0.2) is 28.7 Å². The molecule has 0 bridgehead atoms. The number of rotatable bonds is 4. The largest absolute Gasteiger partial charge is 0.367 e. The first-order chi connectivity index (χ1) is 12.3. The lowest BCUT2D eigenvalue weighted by atomic mass is 9.95. The van der Waals surface area contributed by atoms with Crippen molar-refractivity contribution in [2.24, 2.45) is 0 Å². The van der Waals surface area contributed by atoms with Gasteiger partial charge in [-0.25, -0.2) is 4.98 Å². The second kappa shape index (κ2) is 7.48. The van der Waals surface area contributed by atoms with Crippen LogP contribution in [0.25, 0.3) is 0 Å². The van der Waals surface area contributed by atoms with Crippen LogP contribution < -0.4 is 10.6 Å². The van der Waals surface area contributed by atoms with Gasteiger partial charge < -0.3 is 10.6 Å². The summed E-state index contributed by atoms with van der Waals surface area (Å²) >= 11 is 1.96. The third kappa shape index (κ3) is 3.98. The fraction of sp³-hybridized carbons (Fsp3) is 0.400. The van der Waals surface area contributed by atoms with E-state index in [1.165, 1.54) is 29.7 Å². The van der Waals surface area contributed by atoms with E-state index >= 15 is 0 Å². The van der Waals surface area contributed by atoms with Crippen molar-refractivity contribution in [2.75, 3.05) is 11.9 Å². The predicted molar refractivity (Wildman–Crippen MR) is 102 cm³/mol. The number of carbonyl (C=O) groups is 1. The van der Waals surface area contributed by atoms with Gasteiger partial charge in [-0.3, -0.25) is 4.79 Å². The number of carbonyl (C=O) groups excluding carboxylic acids is 1. The van der Waals surface area contributed by atoms with Crippen LogP contribution >= 0.6 is 11.8 Å². The molecule has 2 aromatic rings. The Labute approximate surface area is 152 Å². The Kier molecular flexibility index (Phi) is 4.92. The summed E-state index contributed by atoms with van der Waals surface area (Å²) in [5, 5.41) is 7.10. The molecule has 2 aliphatic rings. The van der Waals surface area contributed by atoms with E-state index in [1.54, 1.807) is 0 Å². The van der Waals surface area contributed by atoms with Gasteiger partial charge in [0.2, 0.25) is 0 Å². The van der Waals surface area contributed by atoms with Crippen molar-refractivity contribution in [3.05, 3.63) is 53.7 Å². The normalized spacial score (nSPS) is 22.8. The Morgan fingerprint density at radius 2 is 2.16 bits per heavy atom. The van der Waals surface area contributed by atoms with Crippen molar-refractivity contribution >= 4 is 23.5 Å². The number of pyridine rings is 1. The van der Waals surface area contributed by atoms with Crippen LogP contribution in [0.2, 0.25) is 0 Å². The van der Waals surface area contributed by atoms with E-state index in [4.69, 9.17) is 0 Å². The zero-order valence-electron chi connectivity index (χ0n) is 14.2. The zero-order chi connectivity index (χ0) is 17.1. The molecule has 1 aliphatic carbocycles. The molecule has 1 fully saturated rings. The molecule has 0 radical (unpaired) electrons. The topological polar surface area (TPSA) is 54.0 Å². The van der Waals surface area contributed by atoms with Crippen LogP contribution in [0.15, 0.2) is 47.5 Å². The quantitative estimate of drug-likeness (QED) is 0.876. The number of anilines is 1. The van der Waals surface area contributed by atoms with Gasteiger partial charge in [-0.1, -0.05) is 12.5 Å². The molecule has 0 spiro atoms. The fourth-order valence-electron chi connectivity index (χ4n) is 3.71. The Morgan fingerprint density at radius 1 is 1.20 bits per heavy atom. The van der Waals surface area contributed by atoms with Crippen molar-refractivity contribution in [1.82, 2.24) is 10.3 Å². The van der Waals surface area contributed by atoms with Gasteiger partial charge in [-0.2, -0.15) is 0 Å². The predicted octanol–water partition coefficient (Wildman–Crippen LogP) is 3.88. The summed E-state index contributed by atoms with van der Waals surface area (Å²) in [4.78, 5) is 17.5. The van der Waals surface area contributed by atoms with Gasteiger partial charge in [0.25, 0.3) is 5.91 Å². The number of benzene rings is 1. The number of amides is 1. The van der Waals surface area contributed by atoms with E-state index < -0.39 is 0 Å². The molecule has 4 rings (SSSR count). The van der Waals surface area contributed by atoms with Gasteiger partial charge in [0.05, 0.1) is 0 Å². The Morgan fingerprint density at radius 3 is 3.04 bits per heavy atom. The molecule has 2 atom stereocenters. The number of thioether (sulfide) groups is 1. The van der Waals surface area contributed by atoms with E-state index in [2.05, 4.69) is 27.8 Å². The maximum atomic E-state index is 11.9. The number of aromatic nitrogens is 1. The molecule has 5 heteroatoms. The van der Waals surface area contributed by atoms with Crippen molar-refractivity contribution in [3.8, 4) is 0 Å². The zero-order valence-corrected chi connectivity index (χ0v) is 15.0. The van der Waals surface area contributed by atoms with E-state index in [0.29, 0.717) is 11.3 Å². The minimum Gasteiger partial charge on any atom is -0.367 e. The molecule has 4 nitrogen and oxygen atoms in total. The highest BCUT2D eigenvalue weighted by atomic mass is 32.2. The molecule has 2 N–H and O–H groups in total. The summed E-state index contributed by atoms with van der Waals surface area (Å²) in [6.07, 6.45) is 7.62. The van der Waals surface area contributed by atoms with Crippen molar-refractivity contribution < 1.29 is 4.79 Å². The van der Waals surface area contributed by atoms with Gasteiger partial charge >= 0.3 is 0 Å². The fourth-order valence-corrected chi connectivity index (χ4v) is 5.07. The third-order valence-electron chi connectivity index (χ3n) is 4.95. The van der Waals surface area contributed by atoms with Crippen molar-refractivity contribution in [2.45, 2.75) is 48.3 Å². The Bertz CT molecular complexity index is 750. The van der Waals surface area contributed by atoms with Gasteiger partial charge in [0, 0.05) is 34.5 Å². The summed E-state index contributed by atoms with van der Waals surface area (Å²) in [6.45, 7) is 0.749. The molecule has 1 aliphatic heterocycles. The van der Waals surface area contributed by atoms with Crippen LogP contribution in [0.5, 0.6) is 0 Å². The second-order valence-electron chi connectivity index (χ2n) is 6.79. The highest BCUT2D eigenvalue weighted by Gasteiger charge is 2.24. The molecule has 1 amide bonds. The van der Waals surface area contributed by atoms with Crippen molar-refractivity contribution in [3.63, 3.8) is 0 Å². The molecule has 1 aromatic carbocycles. The minimum absolute atomic E-state index is 0.0649. The van der Waals surface area contributed by atoms with Crippen LogP contribution in [0.3, 0.4) is 0 Å². The average molecular weight is 353 g/mol. The number of fused-ring (bicyclic) bond motifs is 1. The van der Waals surface area contributed by atoms with E-state index in [9.17, 15) is 4.79 Å². The van der Waals surface area contributed by atoms with Crippen LogP contribution in [-0.2, 0) is 6.42 Å². The minimum atomic E-state index is 0.0649. The lowest BCUT2D eigenvalue weighted by Gasteiger charge is -2.30. The van der Waals surface area contributed by atoms with Crippen LogP contribution in [0.1, 0.15) is 41.6 Å². The molecular weight excluding hydrogens is 330 g/mol. The Balaban J connectivity index is 1.40. The SMILES string of the molecule is O=C1NCCc2cc(SC3CCCC(Nc4ccccn4)C3)ccc21. The second-order valence-corrected chi connectivity index (χ2v) is 8.16. The summed E-state index contributed by atoms with van der Waals surface area (Å²) in [6, 6.07) is 12.8. The van der Waals surface area contributed by atoms with Gasteiger partial charge in [0.1, 0.15) is 5.82 Å². The molecule has 25 heavy (non-hydrogen) atoms. The molecule has 1 aromatic heterocycles. The first-order valence-corrected chi connectivity index (χ1v) is 9.91. The molecule has 2 heterocycles. The highest BCUT2D eigenvalue weighted by Crippen LogP contribution is 2.35. The third-order valence-corrected chi connectivity index (χ3v) is 6.23. The summed E-state index contributed by atoms with van der Waals surface area (Å²) in [5.41, 5.74) is 2.03. The Hall–Kier alpha value is -2.01. The first kappa shape index (κ1) is 16.5. The number of nitrogens with one attached hydrogen (secondary N) is 2. The summed E-state index contributed by atoms with van der Waals surface area (Å²) < 4.78 is 0. The van der Waals surface area contributed by atoms with Crippen molar-refractivity contribution in [1.29, 1.82) is 0 Å². The monoisotopic (exact) mass is 353 g/mol. The highest BCUT2D eigenvalue weighted by molar-refractivity contribution is 8.00. The number of hydrogen-bond acceptors (Lipinski definition) is 4. The first-order valence-electron chi connectivity index (χ1n) is 9.03. The van der Waals surface area contributed by atoms with Crippen LogP contribution in [0.4, 0.5) is 5.82 Å². The number of hydrogen-bond donors (Lipinski definition) is 2. The average Bonchev–Trinajstić information content (AvgIpc) is 2.63. The van der Waals surface area contributed by atoms with E-state index in [-0.39, 0.29) is 5.91 Å². The van der Waals surface area contributed by atoms with Gasteiger partial charge in [-0.05, 0) is 61.6 Å². The van der Waals surface area contributed by atoms with E-state index in [0.717, 1.165) is 30.8 Å². The molecule has 130 valence electrons. The number of nitrogens with zero attached hydrogens (tertiary/aromatic N) is 1. The summed E-state index contributed by atoms with van der Waals surface area (Å²) in [5.74, 6) is 1.04. The standard InChI is InChI=1S/C20H23N3OS/c24-20-18-8-7-17(12-14(18)9-11-22-20)25-16-5-3-4-15(13-16)23-19-6-1-2-10-21-19/h1-2,6-8,10,12,15-16H,3-5,9,11,13H2,(H,21,23)(H,22,24). The van der Waals surface area contributed by atoms with Gasteiger partial charge in [0.15, 0.2) is 0 Å². The van der Waals surface area contributed by atoms with Crippen LogP contribution in [0, 0.1) is 0 Å². The maximum absolute atomic E-state index is 11.9.